The second-order valence-electron chi connectivity index (χ2n) is 7.57. The van der Waals surface area contributed by atoms with Gasteiger partial charge in [-0.2, -0.15) is 0 Å². The summed E-state index contributed by atoms with van der Waals surface area (Å²) < 4.78 is 15.2. The maximum atomic E-state index is 12.5. The number of ether oxygens (including phenoxy) is 3. The van der Waals surface area contributed by atoms with E-state index in [2.05, 4.69) is 6.58 Å². The fourth-order valence-corrected chi connectivity index (χ4v) is 3.26. The highest BCUT2D eigenvalue weighted by Gasteiger charge is 2.57. The number of methoxy groups -OCH3 is 1. The molecule has 0 saturated carbocycles. The Morgan fingerprint density at radius 1 is 1.20 bits per heavy atom. The van der Waals surface area contributed by atoms with Gasteiger partial charge in [0.1, 0.15) is 18.2 Å². The Bertz CT molecular complexity index is 562. The summed E-state index contributed by atoms with van der Waals surface area (Å²) in [5.74, 6) is -0.476. The van der Waals surface area contributed by atoms with Crippen LogP contribution >= 0.6 is 0 Å². The Kier molecular flexibility index (Phi) is 5.29. The first-order valence-corrected chi connectivity index (χ1v) is 8.21. The molecule has 2 aliphatic rings. The van der Waals surface area contributed by atoms with Crippen LogP contribution < -0.4 is 0 Å². The zero-order valence-electron chi connectivity index (χ0n) is 15.2. The summed E-state index contributed by atoms with van der Waals surface area (Å²) in [4.78, 5) is 39.4. The smallest absolute Gasteiger partial charge is 0.411 e. The number of rotatable bonds is 3. The normalized spacial score (nSPS) is 21.5. The van der Waals surface area contributed by atoms with E-state index in [0.717, 1.165) is 0 Å². The summed E-state index contributed by atoms with van der Waals surface area (Å²) in [6, 6.07) is -0.703. The van der Waals surface area contributed by atoms with Crippen LogP contribution in [0.15, 0.2) is 12.7 Å². The van der Waals surface area contributed by atoms with Gasteiger partial charge >= 0.3 is 18.2 Å². The maximum absolute atomic E-state index is 12.5. The quantitative estimate of drug-likeness (QED) is 0.436. The molecule has 2 aliphatic heterocycles. The fraction of sp³-hybridized carbons (Fsp3) is 0.706. The summed E-state index contributed by atoms with van der Waals surface area (Å²) >= 11 is 0. The summed E-state index contributed by atoms with van der Waals surface area (Å²) in [6.07, 6.45) is 0.966. The predicted octanol–water partition coefficient (Wildman–Crippen LogP) is 1.79. The standard InChI is InChI=1S/C17H26N2O6/c1-6-7-24-14(21)18-9-17(10-18)8-12(13(20)23-5)19(11-17)15(22)25-16(2,3)4/h6,12H,1,7-11H2,2-5H3. The van der Waals surface area contributed by atoms with Crippen molar-refractivity contribution in [3.05, 3.63) is 12.7 Å². The number of likely N-dealkylation sites (tertiary alicyclic amines) is 2. The van der Waals surface area contributed by atoms with Crippen molar-refractivity contribution in [1.29, 1.82) is 0 Å². The van der Waals surface area contributed by atoms with Crippen LogP contribution in [-0.2, 0) is 19.0 Å². The average Bonchev–Trinajstić information content (AvgIpc) is 2.90. The molecule has 0 radical (unpaired) electrons. The van der Waals surface area contributed by atoms with Crippen molar-refractivity contribution >= 4 is 18.2 Å². The molecule has 1 spiro atoms. The van der Waals surface area contributed by atoms with Crippen LogP contribution in [0.2, 0.25) is 0 Å². The van der Waals surface area contributed by atoms with Gasteiger partial charge in [0.25, 0.3) is 0 Å². The third-order valence-corrected chi connectivity index (χ3v) is 4.25. The molecule has 1 unspecified atom stereocenters. The van der Waals surface area contributed by atoms with E-state index in [0.29, 0.717) is 26.1 Å². The van der Waals surface area contributed by atoms with Crippen molar-refractivity contribution in [2.24, 2.45) is 5.41 Å². The second-order valence-corrected chi connectivity index (χ2v) is 7.57. The number of hydrogen-bond donors (Lipinski definition) is 0. The fourth-order valence-electron chi connectivity index (χ4n) is 3.26. The zero-order valence-corrected chi connectivity index (χ0v) is 15.2. The number of nitrogens with zero attached hydrogens (tertiary/aromatic N) is 2. The molecule has 0 aromatic rings. The van der Waals surface area contributed by atoms with E-state index >= 15 is 0 Å². The SMILES string of the molecule is C=CCOC(=O)N1CC2(CC(C(=O)OC)N(C(=O)OC(C)(C)C)C2)C1. The molecule has 2 amide bonds. The van der Waals surface area contributed by atoms with Crippen molar-refractivity contribution < 1.29 is 28.6 Å². The average molecular weight is 354 g/mol. The van der Waals surface area contributed by atoms with Crippen LogP contribution in [0.1, 0.15) is 27.2 Å². The second kappa shape index (κ2) is 6.93. The van der Waals surface area contributed by atoms with E-state index in [1.807, 2.05) is 0 Å². The van der Waals surface area contributed by atoms with Gasteiger partial charge in [0.2, 0.25) is 0 Å². The molecule has 8 heteroatoms. The lowest BCUT2D eigenvalue weighted by molar-refractivity contribution is -0.145. The minimum Gasteiger partial charge on any atom is -0.467 e. The van der Waals surface area contributed by atoms with Crippen molar-refractivity contribution in [1.82, 2.24) is 9.80 Å². The molecule has 140 valence electrons. The molecular weight excluding hydrogens is 328 g/mol. The first-order chi connectivity index (χ1) is 11.6. The third kappa shape index (κ3) is 4.24. The van der Waals surface area contributed by atoms with Crippen molar-refractivity contribution in [2.45, 2.75) is 38.8 Å². The first-order valence-electron chi connectivity index (χ1n) is 8.21. The van der Waals surface area contributed by atoms with Crippen LogP contribution in [0.3, 0.4) is 0 Å². The van der Waals surface area contributed by atoms with E-state index in [1.165, 1.54) is 18.1 Å². The van der Waals surface area contributed by atoms with E-state index in [-0.39, 0.29) is 12.0 Å². The Morgan fingerprint density at radius 3 is 2.36 bits per heavy atom. The molecule has 2 fully saturated rings. The van der Waals surface area contributed by atoms with E-state index < -0.39 is 29.8 Å². The highest BCUT2D eigenvalue weighted by molar-refractivity contribution is 5.82. The van der Waals surface area contributed by atoms with Crippen molar-refractivity contribution in [3.8, 4) is 0 Å². The monoisotopic (exact) mass is 354 g/mol. The van der Waals surface area contributed by atoms with Gasteiger partial charge in [-0.1, -0.05) is 12.7 Å². The van der Waals surface area contributed by atoms with Gasteiger partial charge < -0.3 is 19.1 Å². The number of hydrogen-bond acceptors (Lipinski definition) is 6. The van der Waals surface area contributed by atoms with Gasteiger partial charge in [-0.25, -0.2) is 14.4 Å². The summed E-state index contributed by atoms with van der Waals surface area (Å²) in [5, 5.41) is 0. The maximum Gasteiger partial charge on any atom is 0.411 e. The van der Waals surface area contributed by atoms with E-state index in [9.17, 15) is 14.4 Å². The molecule has 0 aromatic carbocycles. The number of carbonyl (C=O) groups is 3. The van der Waals surface area contributed by atoms with Crippen LogP contribution in [0, 0.1) is 5.41 Å². The van der Waals surface area contributed by atoms with E-state index in [4.69, 9.17) is 14.2 Å². The topological polar surface area (TPSA) is 85.4 Å². The van der Waals surface area contributed by atoms with Gasteiger partial charge in [0, 0.05) is 25.0 Å². The minimum atomic E-state index is -0.703. The Labute approximate surface area is 147 Å². The van der Waals surface area contributed by atoms with Crippen LogP contribution in [-0.4, -0.2) is 72.9 Å². The Morgan fingerprint density at radius 2 is 1.84 bits per heavy atom. The first kappa shape index (κ1) is 19.1. The summed E-state index contributed by atoms with van der Waals surface area (Å²) in [7, 11) is 1.29. The molecule has 0 aliphatic carbocycles. The molecule has 0 bridgehead atoms. The molecule has 25 heavy (non-hydrogen) atoms. The van der Waals surface area contributed by atoms with Crippen LogP contribution in [0.25, 0.3) is 0 Å². The van der Waals surface area contributed by atoms with Crippen molar-refractivity contribution in [3.63, 3.8) is 0 Å². The van der Waals surface area contributed by atoms with Crippen LogP contribution in [0.5, 0.6) is 0 Å². The molecule has 2 heterocycles. The molecule has 0 N–H and O–H groups in total. The highest BCUT2D eigenvalue weighted by Crippen LogP contribution is 2.43. The van der Waals surface area contributed by atoms with Crippen molar-refractivity contribution in [2.75, 3.05) is 33.4 Å². The number of carbonyl (C=O) groups excluding carboxylic acids is 3. The minimum absolute atomic E-state index is 0.150. The molecule has 2 rings (SSSR count). The third-order valence-electron chi connectivity index (χ3n) is 4.25. The van der Waals surface area contributed by atoms with Gasteiger partial charge in [0.05, 0.1) is 7.11 Å². The lowest BCUT2D eigenvalue weighted by atomic mass is 9.78. The van der Waals surface area contributed by atoms with E-state index in [1.54, 1.807) is 25.7 Å². The largest absolute Gasteiger partial charge is 0.467 e. The molecule has 0 aromatic heterocycles. The van der Waals surface area contributed by atoms with Crippen LogP contribution in [0.4, 0.5) is 9.59 Å². The number of amides is 2. The Hall–Kier alpha value is -2.25. The lowest BCUT2D eigenvalue weighted by Gasteiger charge is -2.46. The molecule has 2 saturated heterocycles. The molecule has 1 atom stereocenters. The van der Waals surface area contributed by atoms with Gasteiger partial charge in [-0.3, -0.25) is 4.90 Å². The Balaban J connectivity index is 2.04. The van der Waals surface area contributed by atoms with Gasteiger partial charge in [-0.05, 0) is 27.2 Å². The summed E-state index contributed by atoms with van der Waals surface area (Å²) in [6.45, 7) is 10.1. The lowest BCUT2D eigenvalue weighted by Crippen LogP contribution is -2.59. The van der Waals surface area contributed by atoms with Gasteiger partial charge in [-0.15, -0.1) is 0 Å². The summed E-state index contributed by atoms with van der Waals surface area (Å²) in [5.41, 5.74) is -0.989. The number of esters is 1. The zero-order chi connectivity index (χ0) is 18.8. The predicted molar refractivity (Wildman–Crippen MR) is 88.9 cm³/mol. The molecule has 8 nitrogen and oxygen atoms in total. The highest BCUT2D eigenvalue weighted by atomic mass is 16.6. The molecular formula is C17H26N2O6. The van der Waals surface area contributed by atoms with Gasteiger partial charge in [0.15, 0.2) is 0 Å².